The van der Waals surface area contributed by atoms with E-state index >= 15 is 0 Å². The molecule has 0 spiro atoms. The molecule has 1 N–H and O–H groups in total. The molecule has 0 atom stereocenters. The average Bonchev–Trinajstić information content (AvgIpc) is 2.45. The Labute approximate surface area is 125 Å². The summed E-state index contributed by atoms with van der Waals surface area (Å²) in [6.07, 6.45) is 3.08. The number of ketones is 1. The van der Waals surface area contributed by atoms with Crippen LogP contribution < -0.4 is 4.74 Å². The fraction of sp³-hybridized carbons (Fsp3) is 0.0625. The maximum atomic E-state index is 12.0. The first-order chi connectivity index (χ1) is 9.61. The first kappa shape index (κ1) is 14.3. The van der Waals surface area contributed by atoms with E-state index < -0.39 is 0 Å². The van der Waals surface area contributed by atoms with Gasteiger partial charge < -0.3 is 9.84 Å². The molecule has 0 saturated carbocycles. The quantitative estimate of drug-likeness (QED) is 0.678. The number of ether oxygens (including phenoxy) is 1. The summed E-state index contributed by atoms with van der Waals surface area (Å²) >= 11 is 3.37. The van der Waals surface area contributed by atoms with E-state index in [1.54, 1.807) is 31.4 Å². The first-order valence-corrected chi connectivity index (χ1v) is 6.75. The van der Waals surface area contributed by atoms with Crippen molar-refractivity contribution in [3.05, 3.63) is 64.1 Å². The Kier molecular flexibility index (Phi) is 4.58. The Morgan fingerprint density at radius 1 is 1.25 bits per heavy atom. The van der Waals surface area contributed by atoms with E-state index in [1.807, 2.05) is 18.2 Å². The van der Waals surface area contributed by atoms with E-state index in [1.165, 1.54) is 12.1 Å². The zero-order chi connectivity index (χ0) is 14.5. The van der Waals surface area contributed by atoms with E-state index in [9.17, 15) is 9.90 Å². The topological polar surface area (TPSA) is 46.5 Å². The van der Waals surface area contributed by atoms with E-state index in [4.69, 9.17) is 4.74 Å². The molecule has 102 valence electrons. The number of allylic oxidation sites excluding steroid dienone is 1. The minimum Gasteiger partial charge on any atom is -0.507 e. The van der Waals surface area contributed by atoms with Gasteiger partial charge in [0.05, 0.1) is 12.7 Å². The second kappa shape index (κ2) is 6.39. The van der Waals surface area contributed by atoms with E-state index in [-0.39, 0.29) is 17.1 Å². The van der Waals surface area contributed by atoms with Crippen molar-refractivity contribution in [1.82, 2.24) is 0 Å². The number of hydrogen-bond acceptors (Lipinski definition) is 3. The summed E-state index contributed by atoms with van der Waals surface area (Å²) in [6.45, 7) is 0. The number of para-hydroxylation sites is 1. The molecule has 4 heteroatoms. The fourth-order valence-corrected chi connectivity index (χ4v) is 2.15. The minimum absolute atomic E-state index is 0.0247. The molecule has 0 heterocycles. The highest BCUT2D eigenvalue weighted by molar-refractivity contribution is 9.10. The van der Waals surface area contributed by atoms with E-state index in [2.05, 4.69) is 15.9 Å². The van der Waals surface area contributed by atoms with Gasteiger partial charge in [0.2, 0.25) is 0 Å². The lowest BCUT2D eigenvalue weighted by atomic mass is 10.1. The predicted octanol–water partition coefficient (Wildman–Crippen LogP) is 4.06. The van der Waals surface area contributed by atoms with Crippen LogP contribution in [0.5, 0.6) is 11.5 Å². The van der Waals surface area contributed by atoms with Crippen LogP contribution in [-0.4, -0.2) is 18.0 Å². The van der Waals surface area contributed by atoms with Gasteiger partial charge in [-0.15, -0.1) is 0 Å². The summed E-state index contributed by atoms with van der Waals surface area (Å²) in [7, 11) is 1.57. The van der Waals surface area contributed by atoms with Gasteiger partial charge in [-0.2, -0.15) is 0 Å². The number of phenols is 1. The molecule has 3 nitrogen and oxygen atoms in total. The molecule has 0 fully saturated rings. The van der Waals surface area contributed by atoms with Gasteiger partial charge in [0.15, 0.2) is 5.78 Å². The molecule has 0 aliphatic carbocycles. The summed E-state index contributed by atoms with van der Waals surface area (Å²) in [4.78, 5) is 12.0. The molecule has 2 rings (SSSR count). The van der Waals surface area contributed by atoms with Gasteiger partial charge in [-0.25, -0.2) is 0 Å². The van der Waals surface area contributed by atoms with E-state index in [0.717, 1.165) is 10.0 Å². The lowest BCUT2D eigenvalue weighted by molar-refractivity contribution is 0.104. The number of carbonyl (C=O) groups is 1. The van der Waals surface area contributed by atoms with Crippen LogP contribution >= 0.6 is 15.9 Å². The van der Waals surface area contributed by atoms with Gasteiger partial charge in [0, 0.05) is 10.0 Å². The highest BCUT2D eigenvalue weighted by atomic mass is 79.9. The highest BCUT2D eigenvalue weighted by Gasteiger charge is 2.07. The lowest BCUT2D eigenvalue weighted by Crippen LogP contribution is -1.94. The van der Waals surface area contributed by atoms with Crippen LogP contribution in [-0.2, 0) is 0 Å². The highest BCUT2D eigenvalue weighted by Crippen LogP contribution is 2.25. The smallest absolute Gasteiger partial charge is 0.189 e. The molecule has 0 saturated heterocycles. The van der Waals surface area contributed by atoms with Gasteiger partial charge >= 0.3 is 0 Å². The Morgan fingerprint density at radius 2 is 2.00 bits per heavy atom. The van der Waals surface area contributed by atoms with Crippen molar-refractivity contribution >= 4 is 27.8 Å². The SMILES string of the molecule is COc1ccc(Br)cc1C=CC(=O)c1ccccc1O. The third kappa shape index (κ3) is 3.27. The molecule has 0 unspecified atom stereocenters. The summed E-state index contributed by atoms with van der Waals surface area (Å²) in [5, 5.41) is 9.64. The largest absolute Gasteiger partial charge is 0.507 e. The number of rotatable bonds is 4. The molecule has 2 aromatic carbocycles. The summed E-state index contributed by atoms with van der Waals surface area (Å²) in [6, 6.07) is 12.0. The maximum absolute atomic E-state index is 12.0. The second-order valence-electron chi connectivity index (χ2n) is 4.10. The molecular weight excluding hydrogens is 320 g/mol. The zero-order valence-corrected chi connectivity index (χ0v) is 12.4. The van der Waals surface area contributed by atoms with Gasteiger partial charge in [-0.1, -0.05) is 28.1 Å². The number of aromatic hydroxyl groups is 1. The molecule has 0 aromatic heterocycles. The van der Waals surface area contributed by atoms with Crippen molar-refractivity contribution in [2.75, 3.05) is 7.11 Å². The Balaban J connectivity index is 2.28. The van der Waals surface area contributed by atoms with Gasteiger partial charge in [-0.05, 0) is 42.5 Å². The second-order valence-corrected chi connectivity index (χ2v) is 5.02. The van der Waals surface area contributed by atoms with Crippen molar-refractivity contribution in [2.45, 2.75) is 0 Å². The molecule has 0 amide bonds. The monoisotopic (exact) mass is 332 g/mol. The van der Waals surface area contributed by atoms with Gasteiger partial charge in [-0.3, -0.25) is 4.79 Å². The van der Waals surface area contributed by atoms with Crippen LogP contribution in [0.2, 0.25) is 0 Å². The number of phenolic OH excluding ortho intramolecular Hbond substituents is 1. The zero-order valence-electron chi connectivity index (χ0n) is 10.8. The van der Waals surface area contributed by atoms with Crippen LogP contribution in [0, 0.1) is 0 Å². The third-order valence-electron chi connectivity index (χ3n) is 2.78. The van der Waals surface area contributed by atoms with Gasteiger partial charge in [0.25, 0.3) is 0 Å². The van der Waals surface area contributed by atoms with Gasteiger partial charge in [0.1, 0.15) is 11.5 Å². The number of halogens is 1. The van der Waals surface area contributed by atoms with Crippen LogP contribution in [0.1, 0.15) is 15.9 Å². The lowest BCUT2D eigenvalue weighted by Gasteiger charge is -2.05. The van der Waals surface area contributed by atoms with Crippen LogP contribution in [0.25, 0.3) is 6.08 Å². The first-order valence-electron chi connectivity index (χ1n) is 5.96. The third-order valence-corrected chi connectivity index (χ3v) is 3.27. The summed E-state index contributed by atoms with van der Waals surface area (Å²) in [5.41, 5.74) is 1.06. The standard InChI is InChI=1S/C16H13BrO3/c1-20-16-9-7-12(17)10-11(16)6-8-15(19)13-4-2-3-5-14(13)18/h2-10,18H,1H3. The summed E-state index contributed by atoms with van der Waals surface area (Å²) in [5.74, 6) is 0.392. The number of carbonyl (C=O) groups excluding carboxylic acids is 1. The fourth-order valence-electron chi connectivity index (χ4n) is 1.77. The normalized spacial score (nSPS) is 10.7. The molecule has 0 radical (unpaired) electrons. The molecule has 0 aliphatic rings. The Bertz CT molecular complexity index is 663. The van der Waals surface area contributed by atoms with Crippen LogP contribution in [0.15, 0.2) is 53.0 Å². The average molecular weight is 333 g/mol. The van der Waals surface area contributed by atoms with Crippen molar-refractivity contribution in [3.63, 3.8) is 0 Å². The maximum Gasteiger partial charge on any atom is 0.189 e. The molecule has 0 bridgehead atoms. The number of methoxy groups -OCH3 is 1. The van der Waals surface area contributed by atoms with Crippen molar-refractivity contribution in [1.29, 1.82) is 0 Å². The van der Waals surface area contributed by atoms with Crippen molar-refractivity contribution < 1.29 is 14.6 Å². The van der Waals surface area contributed by atoms with Crippen LogP contribution in [0.4, 0.5) is 0 Å². The Morgan fingerprint density at radius 3 is 2.70 bits per heavy atom. The van der Waals surface area contributed by atoms with Crippen LogP contribution in [0.3, 0.4) is 0 Å². The predicted molar refractivity (Wildman–Crippen MR) is 82.2 cm³/mol. The van der Waals surface area contributed by atoms with Crippen molar-refractivity contribution in [3.8, 4) is 11.5 Å². The van der Waals surface area contributed by atoms with Crippen molar-refractivity contribution in [2.24, 2.45) is 0 Å². The Hall–Kier alpha value is -2.07. The number of hydrogen-bond donors (Lipinski definition) is 1. The molecule has 20 heavy (non-hydrogen) atoms. The molecular formula is C16H13BrO3. The molecule has 0 aliphatic heterocycles. The molecule has 2 aromatic rings. The minimum atomic E-state index is -0.259. The van der Waals surface area contributed by atoms with E-state index in [0.29, 0.717) is 5.75 Å². The number of benzene rings is 2. The summed E-state index contributed by atoms with van der Waals surface area (Å²) < 4.78 is 6.13.